The van der Waals surface area contributed by atoms with E-state index in [1.54, 1.807) is 11.0 Å². The molecule has 2 aromatic carbocycles. The van der Waals surface area contributed by atoms with Gasteiger partial charge in [0, 0.05) is 24.0 Å². The summed E-state index contributed by atoms with van der Waals surface area (Å²) in [6.45, 7) is 2.00. The van der Waals surface area contributed by atoms with Crippen molar-refractivity contribution in [2.24, 2.45) is 0 Å². The number of fused-ring (bicyclic) bond motifs is 1. The molecule has 1 N–H and O–H groups in total. The van der Waals surface area contributed by atoms with Gasteiger partial charge in [0.2, 0.25) is 0 Å². The minimum absolute atomic E-state index is 0.0426. The molecule has 2 heterocycles. The predicted octanol–water partition coefficient (Wildman–Crippen LogP) is 4.69. The fourth-order valence-corrected chi connectivity index (χ4v) is 3.39. The lowest BCUT2D eigenvalue weighted by atomic mass is 10.1. The van der Waals surface area contributed by atoms with Gasteiger partial charge < -0.3 is 10.2 Å². The van der Waals surface area contributed by atoms with Crippen molar-refractivity contribution in [2.75, 3.05) is 10.2 Å². The highest BCUT2D eigenvalue weighted by atomic mass is 19.1. The summed E-state index contributed by atoms with van der Waals surface area (Å²) in [6, 6.07) is 12.7. The van der Waals surface area contributed by atoms with E-state index in [1.807, 2.05) is 31.2 Å². The second-order valence-electron chi connectivity index (χ2n) is 6.57. The fourth-order valence-electron chi connectivity index (χ4n) is 3.39. The number of anilines is 3. The van der Waals surface area contributed by atoms with Gasteiger partial charge in [-0.25, -0.2) is 8.78 Å². The lowest BCUT2D eigenvalue weighted by Gasteiger charge is -2.23. The number of pyridine rings is 1. The first kappa shape index (κ1) is 17.1. The van der Waals surface area contributed by atoms with Crippen molar-refractivity contribution in [1.29, 1.82) is 0 Å². The summed E-state index contributed by atoms with van der Waals surface area (Å²) in [5.41, 5.74) is 2.99. The first-order valence-electron chi connectivity index (χ1n) is 8.61. The quantitative estimate of drug-likeness (QED) is 0.732. The number of amides is 1. The molecule has 4 nitrogen and oxygen atoms in total. The molecular formula is C21H17F2N3O. The number of hydrogen-bond donors (Lipinski definition) is 1. The summed E-state index contributed by atoms with van der Waals surface area (Å²) in [7, 11) is 0. The van der Waals surface area contributed by atoms with Crippen LogP contribution in [0.3, 0.4) is 0 Å². The molecule has 1 unspecified atom stereocenters. The van der Waals surface area contributed by atoms with E-state index in [0.717, 1.165) is 29.8 Å². The van der Waals surface area contributed by atoms with E-state index in [4.69, 9.17) is 0 Å². The second kappa shape index (κ2) is 6.79. The highest BCUT2D eigenvalue weighted by Crippen LogP contribution is 2.33. The Kier molecular flexibility index (Phi) is 4.32. The van der Waals surface area contributed by atoms with Gasteiger partial charge in [0.15, 0.2) is 0 Å². The fraction of sp³-hybridized carbons (Fsp3) is 0.143. The smallest absolute Gasteiger partial charge is 0.260 e. The molecular weight excluding hydrogens is 348 g/mol. The Morgan fingerprint density at radius 1 is 1.15 bits per heavy atom. The number of hydrogen-bond acceptors (Lipinski definition) is 3. The minimum Gasteiger partial charge on any atom is -0.352 e. The SMILES string of the molecule is CC1Cc2ccccc2N1C(=O)c1cncc(Nc2ccc(F)cc2F)c1. The Balaban J connectivity index is 1.62. The third kappa shape index (κ3) is 3.26. The van der Waals surface area contributed by atoms with Gasteiger partial charge in [-0.2, -0.15) is 0 Å². The molecule has 27 heavy (non-hydrogen) atoms. The van der Waals surface area contributed by atoms with Gasteiger partial charge in [-0.15, -0.1) is 0 Å². The zero-order valence-corrected chi connectivity index (χ0v) is 14.6. The molecule has 0 spiro atoms. The van der Waals surface area contributed by atoms with E-state index in [1.165, 1.54) is 18.5 Å². The maximum Gasteiger partial charge on any atom is 0.260 e. The van der Waals surface area contributed by atoms with Crippen LogP contribution in [0.2, 0.25) is 0 Å². The molecule has 4 rings (SSSR count). The first-order valence-corrected chi connectivity index (χ1v) is 8.61. The van der Waals surface area contributed by atoms with Gasteiger partial charge >= 0.3 is 0 Å². The Bertz CT molecular complexity index is 1020. The molecule has 6 heteroatoms. The highest BCUT2D eigenvalue weighted by Gasteiger charge is 2.31. The Labute approximate surface area is 155 Å². The Morgan fingerprint density at radius 2 is 1.96 bits per heavy atom. The van der Waals surface area contributed by atoms with Crippen LogP contribution in [0.15, 0.2) is 60.9 Å². The van der Waals surface area contributed by atoms with Crippen LogP contribution < -0.4 is 10.2 Å². The van der Waals surface area contributed by atoms with Crippen molar-refractivity contribution >= 4 is 23.0 Å². The van der Waals surface area contributed by atoms with Crippen LogP contribution in [0.4, 0.5) is 25.8 Å². The first-order chi connectivity index (χ1) is 13.0. The van der Waals surface area contributed by atoms with Crippen molar-refractivity contribution in [1.82, 2.24) is 4.98 Å². The monoisotopic (exact) mass is 365 g/mol. The average Bonchev–Trinajstić information content (AvgIpc) is 2.99. The lowest BCUT2D eigenvalue weighted by Crippen LogP contribution is -2.35. The molecule has 136 valence electrons. The van der Waals surface area contributed by atoms with Gasteiger partial charge in [0.1, 0.15) is 11.6 Å². The zero-order valence-electron chi connectivity index (χ0n) is 14.6. The molecule has 1 atom stereocenters. The van der Waals surface area contributed by atoms with Crippen molar-refractivity contribution in [3.8, 4) is 0 Å². The van der Waals surface area contributed by atoms with Crippen molar-refractivity contribution in [2.45, 2.75) is 19.4 Å². The van der Waals surface area contributed by atoms with Crippen LogP contribution in [0.25, 0.3) is 0 Å². The van der Waals surface area contributed by atoms with E-state index >= 15 is 0 Å². The molecule has 0 fully saturated rings. The number of carbonyl (C=O) groups is 1. The molecule has 0 bridgehead atoms. The van der Waals surface area contributed by atoms with E-state index < -0.39 is 11.6 Å². The van der Waals surface area contributed by atoms with Crippen molar-refractivity contribution in [3.63, 3.8) is 0 Å². The Hall–Kier alpha value is -3.28. The summed E-state index contributed by atoms with van der Waals surface area (Å²) < 4.78 is 26.9. The third-order valence-corrected chi connectivity index (χ3v) is 4.62. The lowest BCUT2D eigenvalue weighted by molar-refractivity contribution is 0.0981. The average molecular weight is 365 g/mol. The molecule has 1 aromatic heterocycles. The number of rotatable bonds is 3. The standard InChI is InChI=1S/C21H17F2N3O/c1-13-8-14-4-2-3-5-20(14)26(13)21(27)15-9-17(12-24-11-15)25-19-7-6-16(22)10-18(19)23/h2-7,9-13,25H,8H2,1H3. The van der Waals surface area contributed by atoms with E-state index in [2.05, 4.69) is 10.3 Å². The number of halogens is 2. The van der Waals surface area contributed by atoms with Crippen LogP contribution in [-0.2, 0) is 6.42 Å². The molecule has 0 aliphatic carbocycles. The topological polar surface area (TPSA) is 45.2 Å². The third-order valence-electron chi connectivity index (χ3n) is 4.62. The minimum atomic E-state index is -0.714. The second-order valence-corrected chi connectivity index (χ2v) is 6.57. The summed E-state index contributed by atoms with van der Waals surface area (Å²) in [5, 5.41) is 2.84. The zero-order chi connectivity index (χ0) is 19.0. The van der Waals surface area contributed by atoms with Crippen LogP contribution >= 0.6 is 0 Å². The number of carbonyl (C=O) groups excluding carboxylic acids is 1. The van der Waals surface area contributed by atoms with Crippen molar-refractivity contribution < 1.29 is 13.6 Å². The summed E-state index contributed by atoms with van der Waals surface area (Å²) in [4.78, 5) is 18.9. The van der Waals surface area contributed by atoms with E-state index in [0.29, 0.717) is 11.3 Å². The maximum atomic E-state index is 13.9. The molecule has 3 aromatic rings. The van der Waals surface area contributed by atoms with Gasteiger partial charge in [-0.05, 0) is 43.2 Å². The number of aromatic nitrogens is 1. The van der Waals surface area contributed by atoms with E-state index in [9.17, 15) is 13.6 Å². The van der Waals surface area contributed by atoms with Crippen LogP contribution in [-0.4, -0.2) is 16.9 Å². The normalized spacial score (nSPS) is 15.5. The van der Waals surface area contributed by atoms with Crippen molar-refractivity contribution in [3.05, 3.63) is 83.7 Å². The van der Waals surface area contributed by atoms with Crippen LogP contribution in [0.1, 0.15) is 22.8 Å². The maximum absolute atomic E-state index is 13.9. The van der Waals surface area contributed by atoms with Gasteiger partial charge in [0.25, 0.3) is 5.91 Å². The van der Waals surface area contributed by atoms with Gasteiger partial charge in [-0.1, -0.05) is 18.2 Å². The number of benzene rings is 2. The number of nitrogens with zero attached hydrogens (tertiary/aromatic N) is 2. The number of nitrogens with one attached hydrogen (secondary N) is 1. The molecule has 1 amide bonds. The van der Waals surface area contributed by atoms with Gasteiger partial charge in [0.05, 0.1) is 23.1 Å². The van der Waals surface area contributed by atoms with Gasteiger partial charge in [-0.3, -0.25) is 9.78 Å². The largest absolute Gasteiger partial charge is 0.352 e. The summed E-state index contributed by atoms with van der Waals surface area (Å²) in [6.07, 6.45) is 3.77. The summed E-state index contributed by atoms with van der Waals surface area (Å²) >= 11 is 0. The van der Waals surface area contributed by atoms with E-state index in [-0.39, 0.29) is 17.6 Å². The predicted molar refractivity (Wildman–Crippen MR) is 100 cm³/mol. The summed E-state index contributed by atoms with van der Waals surface area (Å²) in [5.74, 6) is -1.53. The molecule has 1 aliphatic heterocycles. The van der Waals surface area contributed by atoms with Crippen LogP contribution in [0, 0.1) is 11.6 Å². The molecule has 0 saturated carbocycles. The molecule has 0 saturated heterocycles. The Morgan fingerprint density at radius 3 is 2.78 bits per heavy atom. The molecule has 0 radical (unpaired) electrons. The molecule has 1 aliphatic rings. The highest BCUT2D eigenvalue weighted by molar-refractivity contribution is 6.08. The van der Waals surface area contributed by atoms with Crippen LogP contribution in [0.5, 0.6) is 0 Å². The number of para-hydroxylation sites is 1.